The molecule has 168 valence electrons. The van der Waals surface area contributed by atoms with Crippen LogP contribution in [0.2, 0.25) is 0 Å². The van der Waals surface area contributed by atoms with Crippen LogP contribution in [0, 0.1) is 17.8 Å². The molecule has 0 saturated heterocycles. The molecule has 2 N–H and O–H groups in total. The Kier molecular flexibility index (Phi) is 5.71. The zero-order valence-corrected chi connectivity index (χ0v) is 18.5. The van der Waals surface area contributed by atoms with Crippen molar-refractivity contribution >= 4 is 23.7 Å². The molecule has 1 aromatic carbocycles. The van der Waals surface area contributed by atoms with Crippen molar-refractivity contribution in [3.63, 3.8) is 0 Å². The third-order valence-electron chi connectivity index (χ3n) is 6.54. The highest BCUT2D eigenvalue weighted by molar-refractivity contribution is 5.92. The molecule has 0 spiro atoms. The SMILES string of the molecule is CC(C)(C)OC(=O)Nc1ccc(C(=O)OCC(=O)NC23CC4CC(CC(C4)C2)C3)cc1. The van der Waals surface area contributed by atoms with E-state index in [1.165, 1.54) is 19.3 Å². The van der Waals surface area contributed by atoms with Crippen LogP contribution in [0.15, 0.2) is 24.3 Å². The number of ether oxygens (including phenoxy) is 2. The Morgan fingerprint density at radius 2 is 1.52 bits per heavy atom. The first-order chi connectivity index (χ1) is 14.6. The molecule has 0 unspecified atom stereocenters. The van der Waals surface area contributed by atoms with Crippen molar-refractivity contribution in [2.24, 2.45) is 17.8 Å². The number of amides is 2. The lowest BCUT2D eigenvalue weighted by molar-refractivity contribution is -0.130. The molecule has 7 nitrogen and oxygen atoms in total. The summed E-state index contributed by atoms with van der Waals surface area (Å²) in [6, 6.07) is 6.28. The van der Waals surface area contributed by atoms with E-state index in [1.807, 2.05) is 0 Å². The minimum atomic E-state index is -0.593. The monoisotopic (exact) mass is 428 g/mol. The fourth-order valence-corrected chi connectivity index (χ4v) is 5.92. The van der Waals surface area contributed by atoms with Crippen molar-refractivity contribution in [3.8, 4) is 0 Å². The fourth-order valence-electron chi connectivity index (χ4n) is 5.92. The van der Waals surface area contributed by atoms with E-state index in [-0.39, 0.29) is 18.1 Å². The molecule has 1 aromatic rings. The lowest BCUT2D eigenvalue weighted by Gasteiger charge is -2.56. The molecule has 2 amide bonds. The molecule has 0 heterocycles. The number of hydrogen-bond acceptors (Lipinski definition) is 5. The summed E-state index contributed by atoms with van der Waals surface area (Å²) in [5.74, 6) is 1.42. The van der Waals surface area contributed by atoms with Gasteiger partial charge in [0.25, 0.3) is 5.91 Å². The normalized spacial score (nSPS) is 28.7. The Morgan fingerprint density at radius 1 is 0.968 bits per heavy atom. The molecule has 0 aliphatic heterocycles. The smallest absolute Gasteiger partial charge is 0.412 e. The summed E-state index contributed by atoms with van der Waals surface area (Å²) in [4.78, 5) is 36.6. The zero-order valence-electron chi connectivity index (χ0n) is 18.5. The van der Waals surface area contributed by atoms with Gasteiger partial charge in [-0.05, 0) is 101 Å². The van der Waals surface area contributed by atoms with Crippen molar-refractivity contribution in [1.29, 1.82) is 0 Å². The first kappa shape index (κ1) is 21.7. The Morgan fingerprint density at radius 3 is 2.03 bits per heavy atom. The van der Waals surface area contributed by atoms with E-state index in [0.717, 1.165) is 37.0 Å². The van der Waals surface area contributed by atoms with Gasteiger partial charge in [-0.1, -0.05) is 0 Å². The number of anilines is 1. The third-order valence-corrected chi connectivity index (χ3v) is 6.54. The van der Waals surface area contributed by atoms with Gasteiger partial charge in [-0.2, -0.15) is 0 Å². The van der Waals surface area contributed by atoms with Gasteiger partial charge in [-0.25, -0.2) is 9.59 Å². The van der Waals surface area contributed by atoms with Gasteiger partial charge in [-0.15, -0.1) is 0 Å². The maximum absolute atomic E-state index is 12.5. The minimum absolute atomic E-state index is 0.0901. The molecule has 0 aromatic heterocycles. The van der Waals surface area contributed by atoms with Crippen LogP contribution >= 0.6 is 0 Å². The van der Waals surface area contributed by atoms with Crippen LogP contribution in [0.25, 0.3) is 0 Å². The summed E-state index contributed by atoms with van der Waals surface area (Å²) in [6.45, 7) is 5.07. The third kappa shape index (κ3) is 5.38. The van der Waals surface area contributed by atoms with E-state index < -0.39 is 17.7 Å². The van der Waals surface area contributed by atoms with Crippen LogP contribution in [-0.4, -0.2) is 35.7 Å². The molecule has 4 saturated carbocycles. The predicted molar refractivity (Wildman–Crippen MR) is 116 cm³/mol. The molecule has 0 atom stereocenters. The lowest BCUT2D eigenvalue weighted by atomic mass is 9.53. The van der Waals surface area contributed by atoms with E-state index in [9.17, 15) is 14.4 Å². The van der Waals surface area contributed by atoms with Gasteiger partial charge in [0.1, 0.15) is 5.60 Å². The van der Waals surface area contributed by atoms with Gasteiger partial charge in [-0.3, -0.25) is 10.1 Å². The largest absolute Gasteiger partial charge is 0.452 e. The number of nitrogens with one attached hydrogen (secondary N) is 2. The number of carbonyl (C=O) groups excluding carboxylic acids is 3. The van der Waals surface area contributed by atoms with E-state index in [0.29, 0.717) is 11.3 Å². The summed E-state index contributed by atoms with van der Waals surface area (Å²) in [5, 5.41) is 5.81. The molecule has 4 aliphatic rings. The Hall–Kier alpha value is -2.57. The van der Waals surface area contributed by atoms with E-state index in [1.54, 1.807) is 45.0 Å². The van der Waals surface area contributed by atoms with Gasteiger partial charge in [0.2, 0.25) is 0 Å². The van der Waals surface area contributed by atoms with Crippen LogP contribution in [-0.2, 0) is 14.3 Å². The molecule has 4 bridgehead atoms. The standard InChI is InChI=1S/C24H32N2O5/c1-23(2,3)31-22(29)25-19-6-4-18(5-7-19)21(28)30-14-20(27)26-24-11-15-8-16(12-24)10-17(9-15)13-24/h4-7,15-17H,8-14H2,1-3H3,(H,25,29)(H,26,27). The van der Waals surface area contributed by atoms with Crippen LogP contribution < -0.4 is 10.6 Å². The van der Waals surface area contributed by atoms with Gasteiger partial charge >= 0.3 is 12.1 Å². The summed E-state index contributed by atoms with van der Waals surface area (Å²) in [7, 11) is 0. The van der Waals surface area contributed by atoms with Gasteiger partial charge in [0.15, 0.2) is 6.61 Å². The lowest BCUT2D eigenvalue weighted by Crippen LogP contribution is -2.60. The molecule has 4 aliphatic carbocycles. The number of rotatable bonds is 5. The number of hydrogen-bond donors (Lipinski definition) is 2. The molecule has 0 radical (unpaired) electrons. The number of benzene rings is 1. The Bertz CT molecular complexity index is 820. The van der Waals surface area contributed by atoms with E-state index >= 15 is 0 Å². The molecule has 4 fully saturated rings. The van der Waals surface area contributed by atoms with Gasteiger partial charge in [0, 0.05) is 11.2 Å². The summed E-state index contributed by atoms with van der Waals surface area (Å²) in [6.07, 6.45) is 6.54. The fraction of sp³-hybridized carbons (Fsp3) is 0.625. The minimum Gasteiger partial charge on any atom is -0.452 e. The second kappa shape index (κ2) is 8.17. The Labute approximate surface area is 183 Å². The van der Waals surface area contributed by atoms with Crippen molar-refractivity contribution in [2.75, 3.05) is 11.9 Å². The van der Waals surface area contributed by atoms with Crippen molar-refractivity contribution in [3.05, 3.63) is 29.8 Å². The van der Waals surface area contributed by atoms with Crippen molar-refractivity contribution < 1.29 is 23.9 Å². The average molecular weight is 429 g/mol. The second-order valence-corrected chi connectivity index (χ2v) is 10.5. The topological polar surface area (TPSA) is 93.7 Å². The number of esters is 1. The summed E-state index contributed by atoms with van der Waals surface area (Å²) >= 11 is 0. The maximum Gasteiger partial charge on any atom is 0.412 e. The highest BCUT2D eigenvalue weighted by atomic mass is 16.6. The maximum atomic E-state index is 12.5. The molecule has 5 rings (SSSR count). The first-order valence-electron chi connectivity index (χ1n) is 11.2. The molecule has 7 heteroatoms. The average Bonchev–Trinajstić information content (AvgIpc) is 2.63. The van der Waals surface area contributed by atoms with E-state index in [2.05, 4.69) is 10.6 Å². The summed E-state index contributed by atoms with van der Waals surface area (Å²) in [5.41, 5.74) is 0.139. The first-order valence-corrected chi connectivity index (χ1v) is 11.2. The molecular formula is C24H32N2O5. The van der Waals surface area contributed by atoms with Gasteiger partial charge < -0.3 is 14.8 Å². The van der Waals surface area contributed by atoms with Crippen molar-refractivity contribution in [1.82, 2.24) is 5.32 Å². The predicted octanol–water partition coefficient (Wildman–Crippen LogP) is 4.28. The molecular weight excluding hydrogens is 396 g/mol. The highest BCUT2D eigenvalue weighted by Gasteiger charge is 2.51. The molecule has 31 heavy (non-hydrogen) atoms. The van der Waals surface area contributed by atoms with Crippen LogP contribution in [0.1, 0.15) is 69.7 Å². The van der Waals surface area contributed by atoms with Crippen LogP contribution in [0.3, 0.4) is 0 Å². The zero-order chi connectivity index (χ0) is 22.2. The summed E-state index contributed by atoms with van der Waals surface area (Å²) < 4.78 is 10.4. The number of carbonyl (C=O) groups is 3. The van der Waals surface area contributed by atoms with Crippen molar-refractivity contribution in [2.45, 2.75) is 70.4 Å². The van der Waals surface area contributed by atoms with E-state index in [4.69, 9.17) is 9.47 Å². The second-order valence-electron chi connectivity index (χ2n) is 10.5. The van der Waals surface area contributed by atoms with Gasteiger partial charge in [0.05, 0.1) is 5.56 Å². The quantitative estimate of drug-likeness (QED) is 0.683. The van der Waals surface area contributed by atoms with Crippen LogP contribution in [0.5, 0.6) is 0 Å². The van der Waals surface area contributed by atoms with Crippen LogP contribution in [0.4, 0.5) is 10.5 Å². The Balaban J connectivity index is 1.25. The highest BCUT2D eigenvalue weighted by Crippen LogP contribution is 2.55.